The van der Waals surface area contributed by atoms with Gasteiger partial charge in [0.25, 0.3) is 0 Å². The van der Waals surface area contributed by atoms with Crippen LogP contribution in [0.25, 0.3) is 0 Å². The van der Waals surface area contributed by atoms with Crippen molar-refractivity contribution in [3.05, 3.63) is 22.4 Å². The minimum absolute atomic E-state index is 0.0887. The van der Waals surface area contributed by atoms with Crippen LogP contribution in [-0.4, -0.2) is 9.79 Å². The first-order chi connectivity index (χ1) is 9.14. The molecule has 0 radical (unpaired) electrons. The highest BCUT2D eigenvalue weighted by atomic mass is 32.7. The molecule has 1 atom stereocenters. The summed E-state index contributed by atoms with van der Waals surface area (Å²) in [4.78, 5) is 20.4. The molecule has 1 rings (SSSR count). The fourth-order valence-electron chi connectivity index (χ4n) is 2.32. The van der Waals surface area contributed by atoms with Crippen LogP contribution in [0.2, 0.25) is 0 Å². The maximum atomic E-state index is 9.53. The van der Waals surface area contributed by atoms with E-state index < -0.39 is 7.58 Å². The first-order valence-corrected chi connectivity index (χ1v) is 10.6. The predicted molar refractivity (Wildman–Crippen MR) is 88.6 cm³/mol. The lowest BCUT2D eigenvalue weighted by Gasteiger charge is -2.32. The van der Waals surface area contributed by atoms with E-state index >= 15 is 0 Å². The molecule has 19 heavy (non-hydrogen) atoms. The van der Waals surface area contributed by atoms with Gasteiger partial charge in [-0.3, -0.25) is 0 Å². The van der Waals surface area contributed by atoms with E-state index in [2.05, 4.69) is 31.4 Å². The second-order valence-corrected chi connectivity index (χ2v) is 8.82. The lowest BCUT2D eigenvalue weighted by atomic mass is 9.93. The van der Waals surface area contributed by atoms with Gasteiger partial charge in [0.15, 0.2) is 0 Å². The van der Waals surface area contributed by atoms with Gasteiger partial charge in [-0.25, -0.2) is 0 Å². The first-order valence-electron chi connectivity index (χ1n) is 7.05. The van der Waals surface area contributed by atoms with Crippen LogP contribution in [0.4, 0.5) is 0 Å². The van der Waals surface area contributed by atoms with E-state index in [0.29, 0.717) is 0 Å². The fourth-order valence-corrected chi connectivity index (χ4v) is 6.38. The predicted octanol–water partition coefficient (Wildman–Crippen LogP) is 5.66. The van der Waals surface area contributed by atoms with E-state index in [-0.39, 0.29) is 4.75 Å². The van der Waals surface area contributed by atoms with Crippen molar-refractivity contribution in [2.45, 2.75) is 63.5 Å². The molecule has 1 aromatic heterocycles. The third kappa shape index (κ3) is 5.73. The number of rotatable bonds is 10. The highest BCUT2D eigenvalue weighted by Gasteiger charge is 2.35. The van der Waals surface area contributed by atoms with Crippen LogP contribution in [-0.2, 0) is 4.75 Å². The quantitative estimate of drug-likeness (QED) is 0.432. The van der Waals surface area contributed by atoms with Gasteiger partial charge in [-0.15, -0.1) is 11.3 Å². The van der Waals surface area contributed by atoms with Crippen molar-refractivity contribution in [3.8, 4) is 0 Å². The van der Waals surface area contributed by atoms with Crippen molar-refractivity contribution in [2.24, 2.45) is 0 Å². The van der Waals surface area contributed by atoms with Crippen LogP contribution in [0, 0.1) is 0 Å². The summed E-state index contributed by atoms with van der Waals surface area (Å²) in [6.07, 6.45) is 7.95. The number of thiophene rings is 1. The second-order valence-electron chi connectivity index (χ2n) is 4.88. The third-order valence-electron chi connectivity index (χ3n) is 3.34. The van der Waals surface area contributed by atoms with Crippen molar-refractivity contribution in [2.75, 3.05) is 0 Å². The van der Waals surface area contributed by atoms with Gasteiger partial charge < -0.3 is 9.79 Å². The van der Waals surface area contributed by atoms with E-state index in [9.17, 15) is 9.79 Å². The SMILES string of the molecule is CCCCCC(CCCC)(SP(O)O)c1cccs1. The van der Waals surface area contributed by atoms with Crippen molar-refractivity contribution < 1.29 is 9.79 Å². The number of unbranched alkanes of at least 4 members (excludes halogenated alkanes) is 3. The van der Waals surface area contributed by atoms with Crippen molar-refractivity contribution >= 4 is 30.3 Å². The minimum Gasteiger partial charge on any atom is -0.342 e. The van der Waals surface area contributed by atoms with Gasteiger partial charge >= 0.3 is 0 Å². The zero-order valence-electron chi connectivity index (χ0n) is 11.8. The molecular formula is C14H25O2PS2. The largest absolute Gasteiger partial charge is 0.342 e. The van der Waals surface area contributed by atoms with Crippen molar-refractivity contribution in [3.63, 3.8) is 0 Å². The summed E-state index contributed by atoms with van der Waals surface area (Å²) in [5.74, 6) is 0. The second kappa shape index (κ2) is 9.36. The summed E-state index contributed by atoms with van der Waals surface area (Å²) in [7, 11) is -1.91. The molecule has 0 aliphatic heterocycles. The summed E-state index contributed by atoms with van der Waals surface area (Å²) in [5, 5.41) is 2.09. The molecule has 0 saturated heterocycles. The zero-order chi connectivity index (χ0) is 14.1. The van der Waals surface area contributed by atoms with E-state index in [0.717, 1.165) is 32.1 Å². The molecule has 1 aromatic rings. The Bertz CT molecular complexity index is 330. The molecule has 0 saturated carbocycles. The van der Waals surface area contributed by atoms with Gasteiger partial charge in [0.2, 0.25) is 7.58 Å². The molecule has 0 bridgehead atoms. The molecule has 2 nitrogen and oxygen atoms in total. The molecule has 0 aliphatic carbocycles. The van der Waals surface area contributed by atoms with Gasteiger partial charge in [-0.1, -0.05) is 63.4 Å². The summed E-state index contributed by atoms with van der Waals surface area (Å²) >= 11 is 3.13. The molecule has 1 unspecified atom stereocenters. The van der Waals surface area contributed by atoms with Crippen LogP contribution in [0.15, 0.2) is 17.5 Å². The van der Waals surface area contributed by atoms with Crippen LogP contribution in [0.1, 0.15) is 63.7 Å². The Morgan fingerprint density at radius 2 is 1.84 bits per heavy atom. The number of hydrogen-bond acceptors (Lipinski definition) is 4. The summed E-state index contributed by atoms with van der Waals surface area (Å²) in [5.41, 5.74) is 0. The smallest absolute Gasteiger partial charge is 0.233 e. The van der Waals surface area contributed by atoms with Gasteiger partial charge in [0.05, 0.1) is 4.75 Å². The maximum absolute atomic E-state index is 9.53. The maximum Gasteiger partial charge on any atom is 0.233 e. The van der Waals surface area contributed by atoms with Gasteiger partial charge in [-0.2, -0.15) is 0 Å². The van der Waals surface area contributed by atoms with Gasteiger partial charge in [0, 0.05) is 4.88 Å². The van der Waals surface area contributed by atoms with Gasteiger partial charge in [0.1, 0.15) is 0 Å². The molecular weight excluding hydrogens is 295 g/mol. The molecule has 5 heteroatoms. The molecule has 0 spiro atoms. The molecule has 1 heterocycles. The van der Waals surface area contributed by atoms with Crippen LogP contribution >= 0.6 is 30.3 Å². The lowest BCUT2D eigenvalue weighted by Crippen LogP contribution is -2.20. The standard InChI is InChI=1S/C14H25O2PS2/c1-3-5-7-11-14(10-6-4-2,19-17(15)16)13-9-8-12-18-13/h8-9,12,15-16H,3-7,10-11H2,1-2H3. The average molecular weight is 320 g/mol. The lowest BCUT2D eigenvalue weighted by molar-refractivity contribution is 0.474. The van der Waals surface area contributed by atoms with E-state index in [1.165, 1.54) is 29.1 Å². The Hall–Kier alpha value is 0.400. The van der Waals surface area contributed by atoms with Crippen LogP contribution < -0.4 is 0 Å². The summed E-state index contributed by atoms with van der Waals surface area (Å²) in [6.45, 7) is 4.40. The molecule has 0 amide bonds. The topological polar surface area (TPSA) is 40.5 Å². The molecule has 2 N–H and O–H groups in total. The van der Waals surface area contributed by atoms with Crippen molar-refractivity contribution in [1.82, 2.24) is 0 Å². The fraction of sp³-hybridized carbons (Fsp3) is 0.714. The van der Waals surface area contributed by atoms with Crippen LogP contribution in [0.3, 0.4) is 0 Å². The molecule has 0 fully saturated rings. The Morgan fingerprint density at radius 1 is 1.16 bits per heavy atom. The Morgan fingerprint density at radius 3 is 2.37 bits per heavy atom. The highest BCUT2D eigenvalue weighted by Crippen LogP contribution is 2.59. The van der Waals surface area contributed by atoms with E-state index in [1.54, 1.807) is 11.3 Å². The van der Waals surface area contributed by atoms with E-state index in [1.807, 2.05) is 0 Å². The Kier molecular flexibility index (Phi) is 8.59. The monoisotopic (exact) mass is 320 g/mol. The first kappa shape index (κ1) is 17.5. The molecule has 0 aliphatic rings. The highest BCUT2D eigenvalue weighted by molar-refractivity contribution is 8.52. The van der Waals surface area contributed by atoms with Gasteiger partial charge in [-0.05, 0) is 24.3 Å². The third-order valence-corrected chi connectivity index (χ3v) is 7.23. The Labute approximate surface area is 126 Å². The van der Waals surface area contributed by atoms with Crippen molar-refractivity contribution in [1.29, 1.82) is 0 Å². The summed E-state index contributed by atoms with van der Waals surface area (Å²) in [6, 6.07) is 4.22. The zero-order valence-corrected chi connectivity index (χ0v) is 14.4. The Balaban J connectivity index is 2.87. The van der Waals surface area contributed by atoms with E-state index in [4.69, 9.17) is 0 Å². The minimum atomic E-state index is -1.91. The molecule has 0 aromatic carbocycles. The van der Waals surface area contributed by atoms with Crippen LogP contribution in [0.5, 0.6) is 0 Å². The number of hydrogen-bond donors (Lipinski definition) is 2. The molecule has 110 valence electrons. The normalized spacial score (nSPS) is 14.8. The summed E-state index contributed by atoms with van der Waals surface area (Å²) < 4.78 is -0.0887. The average Bonchev–Trinajstić information content (AvgIpc) is 2.89.